The van der Waals surface area contributed by atoms with Gasteiger partial charge in [0.05, 0.1) is 25.9 Å². The first-order valence-electron chi connectivity index (χ1n) is 10.6. The summed E-state index contributed by atoms with van der Waals surface area (Å²) in [5.74, 6) is -0.549. The van der Waals surface area contributed by atoms with Gasteiger partial charge in [0, 0.05) is 31.6 Å². The van der Waals surface area contributed by atoms with Crippen LogP contribution in [0.3, 0.4) is 0 Å². The van der Waals surface area contributed by atoms with Gasteiger partial charge in [0.15, 0.2) is 5.78 Å². The van der Waals surface area contributed by atoms with Gasteiger partial charge in [-0.1, -0.05) is 19.1 Å². The fourth-order valence-corrected chi connectivity index (χ4v) is 2.67. The Morgan fingerprint density at radius 2 is 1.77 bits per heavy atom. The van der Waals surface area contributed by atoms with Crippen LogP contribution in [0.5, 0.6) is 0 Å². The van der Waals surface area contributed by atoms with E-state index >= 15 is 0 Å². The van der Waals surface area contributed by atoms with Crippen LogP contribution in [0.4, 0.5) is 0 Å². The zero-order chi connectivity index (χ0) is 23.1. The highest BCUT2D eigenvalue weighted by Gasteiger charge is 2.18. The van der Waals surface area contributed by atoms with Gasteiger partial charge in [0.25, 0.3) is 5.91 Å². The molecule has 0 radical (unpaired) electrons. The van der Waals surface area contributed by atoms with Gasteiger partial charge in [0.1, 0.15) is 0 Å². The summed E-state index contributed by atoms with van der Waals surface area (Å²) in [5, 5.41) is 23.7. The van der Waals surface area contributed by atoms with E-state index in [1.165, 1.54) is 18.2 Å². The number of amides is 2. The molecule has 0 saturated carbocycles. The molecule has 0 spiro atoms. The van der Waals surface area contributed by atoms with Crippen molar-refractivity contribution in [2.75, 3.05) is 33.0 Å². The molecule has 2 amide bonds. The Labute approximate surface area is 183 Å². The minimum atomic E-state index is -1.66. The number of hydrogen-bond acceptors (Lipinski definition) is 7. The van der Waals surface area contributed by atoms with Crippen LogP contribution in [0.1, 0.15) is 49.9 Å². The van der Waals surface area contributed by atoms with Crippen LogP contribution >= 0.6 is 0 Å². The monoisotopic (exact) mass is 436 g/mol. The molecule has 1 atom stereocenters. The predicted octanol–water partition coefficient (Wildman–Crippen LogP) is -0.216. The first-order chi connectivity index (χ1) is 14.8. The molecule has 0 aliphatic heterocycles. The van der Waals surface area contributed by atoms with E-state index in [1.807, 2.05) is 6.92 Å². The van der Waals surface area contributed by atoms with Crippen molar-refractivity contribution in [1.82, 2.24) is 10.6 Å². The molecule has 0 fully saturated rings. The Morgan fingerprint density at radius 1 is 1.06 bits per heavy atom. The van der Waals surface area contributed by atoms with Crippen LogP contribution < -0.4 is 16.1 Å². The maximum Gasteiger partial charge on any atom is 0.488 e. The number of hydrogen-bond donors (Lipinski definition) is 4. The van der Waals surface area contributed by atoms with E-state index in [0.717, 1.165) is 6.42 Å². The fraction of sp³-hybridized carbons (Fsp3) is 0.571. The zero-order valence-electron chi connectivity index (χ0n) is 18.3. The van der Waals surface area contributed by atoms with Crippen LogP contribution in [-0.4, -0.2) is 73.8 Å². The molecular formula is C21H33BN2O7. The van der Waals surface area contributed by atoms with Gasteiger partial charge >= 0.3 is 7.12 Å². The van der Waals surface area contributed by atoms with Gasteiger partial charge in [0.2, 0.25) is 5.91 Å². The van der Waals surface area contributed by atoms with Crippen molar-refractivity contribution >= 4 is 30.2 Å². The summed E-state index contributed by atoms with van der Waals surface area (Å²) in [6.07, 6.45) is 2.13. The van der Waals surface area contributed by atoms with Crippen molar-refractivity contribution in [3.05, 3.63) is 29.8 Å². The average molecular weight is 436 g/mol. The van der Waals surface area contributed by atoms with Crippen LogP contribution in [0.15, 0.2) is 24.3 Å². The number of rotatable bonds is 16. The fourth-order valence-electron chi connectivity index (χ4n) is 2.67. The van der Waals surface area contributed by atoms with Gasteiger partial charge < -0.3 is 30.2 Å². The third-order valence-electron chi connectivity index (χ3n) is 4.41. The van der Waals surface area contributed by atoms with E-state index < -0.39 is 19.1 Å². The van der Waals surface area contributed by atoms with E-state index in [-0.39, 0.29) is 29.1 Å². The number of benzene rings is 1. The van der Waals surface area contributed by atoms with Crippen molar-refractivity contribution in [2.24, 2.45) is 0 Å². The quantitative estimate of drug-likeness (QED) is 0.208. The van der Waals surface area contributed by atoms with Crippen molar-refractivity contribution < 1.29 is 33.9 Å². The molecule has 4 N–H and O–H groups in total. The summed E-state index contributed by atoms with van der Waals surface area (Å²) >= 11 is 0. The molecule has 31 heavy (non-hydrogen) atoms. The molecule has 0 saturated heterocycles. The number of ketones is 1. The largest absolute Gasteiger partial charge is 0.488 e. The summed E-state index contributed by atoms with van der Waals surface area (Å²) < 4.78 is 10.8. The Bertz CT molecular complexity index is 700. The first kappa shape index (κ1) is 26.8. The molecule has 0 aliphatic carbocycles. The molecule has 1 rings (SSSR count). The van der Waals surface area contributed by atoms with Crippen molar-refractivity contribution in [2.45, 2.75) is 45.6 Å². The van der Waals surface area contributed by atoms with Crippen molar-refractivity contribution in [1.29, 1.82) is 0 Å². The maximum absolute atomic E-state index is 12.2. The maximum atomic E-state index is 12.2. The first-order valence-corrected chi connectivity index (χ1v) is 10.6. The molecule has 1 aromatic rings. The highest BCUT2D eigenvalue weighted by Crippen LogP contribution is 2.01. The van der Waals surface area contributed by atoms with Gasteiger partial charge in [-0.15, -0.1) is 0 Å². The van der Waals surface area contributed by atoms with Gasteiger partial charge in [-0.25, -0.2) is 0 Å². The highest BCUT2D eigenvalue weighted by atomic mass is 16.5. The number of carbonyl (C=O) groups excluding carboxylic acids is 3. The number of carbonyl (C=O) groups is 3. The summed E-state index contributed by atoms with van der Waals surface area (Å²) in [5.41, 5.74) is 0.451. The lowest BCUT2D eigenvalue weighted by Crippen LogP contribution is -2.39. The Morgan fingerprint density at radius 3 is 2.45 bits per heavy atom. The van der Waals surface area contributed by atoms with Crippen molar-refractivity contribution in [3.8, 4) is 0 Å². The van der Waals surface area contributed by atoms with Crippen molar-refractivity contribution in [3.63, 3.8) is 0 Å². The van der Waals surface area contributed by atoms with Crippen LogP contribution in [0.2, 0.25) is 0 Å². The summed E-state index contributed by atoms with van der Waals surface area (Å²) in [7, 11) is -1.66. The lowest BCUT2D eigenvalue weighted by Gasteiger charge is -2.13. The second kappa shape index (κ2) is 15.5. The van der Waals surface area contributed by atoms with E-state index in [1.54, 1.807) is 13.0 Å². The Kier molecular flexibility index (Phi) is 13.4. The summed E-state index contributed by atoms with van der Waals surface area (Å²) in [6.45, 7) is 5.67. The molecular weight excluding hydrogens is 403 g/mol. The minimum absolute atomic E-state index is 0.0231. The van der Waals surface area contributed by atoms with Gasteiger partial charge in [-0.3, -0.25) is 14.4 Å². The SMILES string of the molecule is CCCC(=O)NCCOCCOCCCC(=O)[C@H](C)NC(=O)c1cccc(B(O)O)c1. The highest BCUT2D eigenvalue weighted by molar-refractivity contribution is 6.58. The molecule has 10 heteroatoms. The molecule has 0 aliphatic rings. The Balaban J connectivity index is 2.12. The molecule has 0 bridgehead atoms. The molecule has 1 aromatic carbocycles. The topological polar surface area (TPSA) is 134 Å². The third kappa shape index (κ3) is 11.6. The van der Waals surface area contributed by atoms with E-state index in [0.29, 0.717) is 45.8 Å². The van der Waals surface area contributed by atoms with Gasteiger partial charge in [-0.2, -0.15) is 0 Å². The molecule has 0 aromatic heterocycles. The number of ether oxygens (including phenoxy) is 2. The van der Waals surface area contributed by atoms with E-state index in [2.05, 4.69) is 10.6 Å². The Hall–Kier alpha value is -2.27. The second-order valence-electron chi connectivity index (χ2n) is 7.09. The molecule has 0 heterocycles. The lowest BCUT2D eigenvalue weighted by molar-refractivity contribution is -0.122. The van der Waals surface area contributed by atoms with Gasteiger partial charge in [-0.05, 0) is 37.4 Å². The lowest BCUT2D eigenvalue weighted by atomic mass is 9.79. The van der Waals surface area contributed by atoms with E-state index in [9.17, 15) is 24.4 Å². The smallest absolute Gasteiger partial charge is 0.423 e. The van der Waals surface area contributed by atoms with E-state index in [4.69, 9.17) is 9.47 Å². The summed E-state index contributed by atoms with van der Waals surface area (Å²) in [4.78, 5) is 35.7. The third-order valence-corrected chi connectivity index (χ3v) is 4.41. The molecule has 0 unspecified atom stereocenters. The average Bonchev–Trinajstić information content (AvgIpc) is 2.75. The number of Topliss-reactive ketones (excluding diaryl/α,β-unsaturated/α-hetero) is 1. The molecule has 172 valence electrons. The minimum Gasteiger partial charge on any atom is -0.423 e. The summed E-state index contributed by atoms with van der Waals surface area (Å²) in [6, 6.07) is 5.27. The second-order valence-corrected chi connectivity index (χ2v) is 7.09. The number of nitrogens with one attached hydrogen (secondary N) is 2. The van der Waals surface area contributed by atoms with Crippen LogP contribution in [-0.2, 0) is 19.1 Å². The molecule has 9 nitrogen and oxygen atoms in total. The standard InChI is InChI=1S/C21H33BN2O7/c1-3-6-20(26)23-10-12-31-14-13-30-11-5-9-19(25)16(2)24-21(27)17-7-4-8-18(15-17)22(28)29/h4,7-8,15-16,28-29H,3,5-6,9-14H2,1-2H3,(H,23,26)(H,24,27)/t16-/m0/s1. The van der Waals surface area contributed by atoms with Crippen LogP contribution in [0.25, 0.3) is 0 Å². The predicted molar refractivity (Wildman–Crippen MR) is 117 cm³/mol. The zero-order valence-corrected chi connectivity index (χ0v) is 18.3. The van der Waals surface area contributed by atoms with Crippen LogP contribution in [0, 0.1) is 0 Å². The normalized spacial score (nSPS) is 11.6.